The fourth-order valence-electron chi connectivity index (χ4n) is 0.398. The molecule has 0 amide bonds. The van der Waals surface area contributed by atoms with Crippen LogP contribution in [0.2, 0.25) is 0 Å². The molecule has 0 saturated carbocycles. The lowest BCUT2D eigenvalue weighted by molar-refractivity contribution is -0.132. The van der Waals surface area contributed by atoms with Crippen LogP contribution in [0, 0.1) is 0 Å². The average Bonchev–Trinajstić information content (AvgIpc) is 1.96. The van der Waals surface area contributed by atoms with Crippen molar-refractivity contribution in [3.63, 3.8) is 0 Å². The minimum Gasteiger partial charge on any atom is -0.478 e. The number of sulfone groups is 1. The normalized spacial score (nSPS) is 11.5. The molecule has 0 fully saturated rings. The number of carbonyl (C=O) groups is 3. The molecule has 0 bridgehead atoms. The van der Waals surface area contributed by atoms with Gasteiger partial charge < -0.3 is 5.11 Å². The van der Waals surface area contributed by atoms with E-state index in [2.05, 4.69) is 0 Å². The van der Waals surface area contributed by atoms with Crippen LogP contribution in [0.4, 0.5) is 0 Å². The van der Waals surface area contributed by atoms with Gasteiger partial charge in [-0.1, -0.05) is 0 Å². The van der Waals surface area contributed by atoms with Gasteiger partial charge in [0.25, 0.3) is 0 Å². The van der Waals surface area contributed by atoms with E-state index in [0.29, 0.717) is 18.4 Å². The van der Waals surface area contributed by atoms with Gasteiger partial charge in [0.05, 0.1) is 0 Å². The second-order valence-corrected chi connectivity index (χ2v) is 4.01. The van der Waals surface area contributed by atoms with Crippen LogP contribution in [0.15, 0.2) is 12.2 Å². The predicted octanol–water partition coefficient (Wildman–Crippen LogP) is -1.23. The Labute approximate surface area is 73.8 Å². The Balaban J connectivity index is 4.67. The highest BCUT2D eigenvalue weighted by Gasteiger charge is 2.22. The first kappa shape index (κ1) is 11.5. The van der Waals surface area contributed by atoms with Gasteiger partial charge in [-0.15, -0.1) is 0 Å². The van der Waals surface area contributed by atoms with E-state index in [1.54, 1.807) is 0 Å². The van der Waals surface area contributed by atoms with E-state index in [4.69, 9.17) is 5.11 Å². The monoisotopic (exact) mass is 206 g/mol. The molecule has 0 aromatic carbocycles. The number of rotatable bonds is 3. The summed E-state index contributed by atoms with van der Waals surface area (Å²) in [6, 6.07) is 0. The summed E-state index contributed by atoms with van der Waals surface area (Å²) in [4.78, 5) is 31.1. The van der Waals surface area contributed by atoms with Crippen LogP contribution in [0.3, 0.4) is 0 Å². The van der Waals surface area contributed by atoms with Crippen molar-refractivity contribution in [2.24, 2.45) is 0 Å². The van der Waals surface area contributed by atoms with E-state index < -0.39 is 26.7 Å². The Hall–Kier alpha value is -1.50. The maximum Gasteiger partial charge on any atom is 0.328 e. The van der Waals surface area contributed by atoms with Crippen molar-refractivity contribution in [3.8, 4) is 0 Å². The van der Waals surface area contributed by atoms with Crippen LogP contribution >= 0.6 is 0 Å². The Bertz CT molecular complexity index is 374. The number of aliphatic carboxylic acids is 1. The molecule has 72 valence electrons. The highest BCUT2D eigenvalue weighted by atomic mass is 32.2. The van der Waals surface area contributed by atoms with Crippen LogP contribution in [0.1, 0.15) is 0 Å². The van der Waals surface area contributed by atoms with Gasteiger partial charge in [0, 0.05) is 12.3 Å². The Kier molecular flexibility index (Phi) is 3.49. The fourth-order valence-corrected chi connectivity index (χ4v) is 0.831. The molecule has 7 heteroatoms. The molecule has 0 aromatic heterocycles. The number of carboxylic acid groups (broad SMARTS) is 1. The van der Waals surface area contributed by atoms with Gasteiger partial charge in [-0.2, -0.15) is 0 Å². The fraction of sp³-hybridized carbons (Fsp3) is 0.167. The molecule has 0 unspecified atom stereocenters. The Morgan fingerprint density at radius 2 is 1.62 bits per heavy atom. The maximum atomic E-state index is 10.6. The molecule has 0 heterocycles. The lowest BCUT2D eigenvalue weighted by Crippen LogP contribution is -2.21. The summed E-state index contributed by atoms with van der Waals surface area (Å²) in [5.41, 5.74) is 0. The van der Waals surface area contributed by atoms with Crippen LogP contribution in [-0.2, 0) is 24.2 Å². The minimum atomic E-state index is -4.08. The van der Waals surface area contributed by atoms with Gasteiger partial charge in [0.1, 0.15) is 0 Å². The van der Waals surface area contributed by atoms with E-state index in [0.717, 1.165) is 0 Å². The van der Waals surface area contributed by atoms with Crippen LogP contribution in [-0.4, -0.2) is 36.6 Å². The van der Waals surface area contributed by atoms with Crippen molar-refractivity contribution >= 4 is 26.7 Å². The van der Waals surface area contributed by atoms with E-state index in [9.17, 15) is 22.8 Å². The number of hydrogen-bond donors (Lipinski definition) is 1. The number of ketones is 1. The topological polar surface area (TPSA) is 106 Å². The molecule has 0 aliphatic heterocycles. The smallest absolute Gasteiger partial charge is 0.328 e. The first-order valence-corrected chi connectivity index (χ1v) is 4.83. The van der Waals surface area contributed by atoms with Gasteiger partial charge in [-0.3, -0.25) is 9.59 Å². The quantitative estimate of drug-likeness (QED) is 0.457. The first-order valence-electron chi connectivity index (χ1n) is 2.94. The summed E-state index contributed by atoms with van der Waals surface area (Å²) in [6.45, 7) is 0. The summed E-state index contributed by atoms with van der Waals surface area (Å²) in [5.74, 6) is -2.81. The number of allylic oxidation sites excluding steroid dienone is 1. The number of carboxylic acids is 1. The molecule has 0 aliphatic rings. The first-order chi connectivity index (χ1) is 5.75. The molecule has 13 heavy (non-hydrogen) atoms. The predicted molar refractivity (Wildman–Crippen MR) is 41.6 cm³/mol. The summed E-state index contributed by atoms with van der Waals surface area (Å²) < 4.78 is 20.9. The molecule has 0 spiro atoms. The van der Waals surface area contributed by atoms with Crippen molar-refractivity contribution in [1.82, 2.24) is 0 Å². The summed E-state index contributed by atoms with van der Waals surface area (Å²) >= 11 is 0. The highest BCUT2D eigenvalue weighted by Crippen LogP contribution is 1.90. The largest absolute Gasteiger partial charge is 0.478 e. The molecule has 0 atom stereocenters. The van der Waals surface area contributed by atoms with Crippen LogP contribution in [0.5, 0.6) is 0 Å². The standard InChI is InChI=1S/C6H6O6S/c1-13(11,12)6(10)4(7)2-3-5(8)9/h2-3H,1H3,(H,8,9)/b3-2+. The van der Waals surface area contributed by atoms with E-state index >= 15 is 0 Å². The molecule has 0 rings (SSSR count). The Morgan fingerprint density at radius 1 is 1.15 bits per heavy atom. The molecule has 6 nitrogen and oxygen atoms in total. The van der Waals surface area contributed by atoms with Crippen molar-refractivity contribution in [2.75, 3.05) is 6.26 Å². The summed E-state index contributed by atoms with van der Waals surface area (Å²) in [6.07, 6.45) is 1.36. The molecular weight excluding hydrogens is 200 g/mol. The third-order valence-corrected chi connectivity index (χ3v) is 1.79. The third-order valence-electron chi connectivity index (χ3n) is 0.915. The zero-order valence-corrected chi connectivity index (χ0v) is 7.37. The SMILES string of the molecule is CS(=O)(=O)C(=O)C(=O)/C=C/C(=O)O. The van der Waals surface area contributed by atoms with Crippen molar-refractivity contribution in [1.29, 1.82) is 0 Å². The van der Waals surface area contributed by atoms with Crippen LogP contribution < -0.4 is 0 Å². The second kappa shape index (κ2) is 3.94. The van der Waals surface area contributed by atoms with E-state index in [1.807, 2.05) is 0 Å². The van der Waals surface area contributed by atoms with Crippen molar-refractivity contribution in [2.45, 2.75) is 0 Å². The van der Waals surface area contributed by atoms with Gasteiger partial charge in [0.2, 0.25) is 15.6 Å². The van der Waals surface area contributed by atoms with Crippen molar-refractivity contribution < 1.29 is 27.9 Å². The summed E-state index contributed by atoms with van der Waals surface area (Å²) in [7, 11) is -4.08. The van der Waals surface area contributed by atoms with Gasteiger partial charge in [0.15, 0.2) is 0 Å². The van der Waals surface area contributed by atoms with Crippen LogP contribution in [0.25, 0.3) is 0 Å². The van der Waals surface area contributed by atoms with E-state index in [1.165, 1.54) is 0 Å². The zero-order chi connectivity index (χ0) is 10.6. The third kappa shape index (κ3) is 4.16. The highest BCUT2D eigenvalue weighted by molar-refractivity contribution is 8.07. The van der Waals surface area contributed by atoms with Crippen molar-refractivity contribution in [3.05, 3.63) is 12.2 Å². The molecule has 0 aliphatic carbocycles. The lowest BCUT2D eigenvalue weighted by Gasteiger charge is -1.89. The van der Waals surface area contributed by atoms with Gasteiger partial charge in [-0.25, -0.2) is 13.2 Å². The molecular formula is C6H6O6S. The summed E-state index contributed by atoms with van der Waals surface area (Å²) in [5, 5.41) is 6.43. The number of carbonyl (C=O) groups excluding carboxylic acids is 2. The molecule has 0 saturated heterocycles. The second-order valence-electron chi connectivity index (χ2n) is 2.10. The molecule has 0 aromatic rings. The Morgan fingerprint density at radius 3 is 1.92 bits per heavy atom. The average molecular weight is 206 g/mol. The van der Waals surface area contributed by atoms with Gasteiger partial charge in [-0.05, 0) is 6.08 Å². The molecule has 1 N–H and O–H groups in total. The van der Waals surface area contributed by atoms with Gasteiger partial charge >= 0.3 is 11.1 Å². The lowest BCUT2D eigenvalue weighted by atomic mass is 10.4. The van der Waals surface area contributed by atoms with E-state index in [-0.39, 0.29) is 0 Å². The number of hydrogen-bond acceptors (Lipinski definition) is 5. The minimum absolute atomic E-state index is 0.394. The maximum absolute atomic E-state index is 10.6. The zero-order valence-electron chi connectivity index (χ0n) is 6.55. The molecule has 0 radical (unpaired) electrons.